The minimum Gasteiger partial charge on any atom is -0.496 e. The van der Waals surface area contributed by atoms with Crippen molar-refractivity contribution in [3.05, 3.63) is 52.1 Å². The van der Waals surface area contributed by atoms with Crippen LogP contribution in [0.25, 0.3) is 11.3 Å². The second-order valence-corrected chi connectivity index (χ2v) is 7.12. The number of benzene rings is 2. The molecule has 0 radical (unpaired) electrons. The van der Waals surface area contributed by atoms with E-state index < -0.39 is 6.61 Å². The molecule has 0 aliphatic rings. The zero-order valence-electron chi connectivity index (χ0n) is 18.0. The minimum absolute atomic E-state index is 0.0835. The lowest BCUT2D eigenvalue weighted by atomic mass is 10.1. The molecule has 10 heteroatoms. The van der Waals surface area contributed by atoms with Gasteiger partial charge in [0.15, 0.2) is 0 Å². The Balaban J connectivity index is 2.06. The Kier molecular flexibility index (Phi) is 7.82. The molecule has 0 aliphatic carbocycles. The number of methoxy groups -OCH3 is 3. The molecule has 32 heavy (non-hydrogen) atoms. The number of ether oxygens (including phenoxy) is 4. The number of rotatable bonds is 9. The first-order valence-electron chi connectivity index (χ1n) is 9.61. The Morgan fingerprint density at radius 3 is 2.19 bits per heavy atom. The molecule has 0 atom stereocenters. The molecule has 0 saturated carbocycles. The highest BCUT2D eigenvalue weighted by Crippen LogP contribution is 2.33. The minimum atomic E-state index is -2.87. The molecule has 0 unspecified atom stereocenters. The summed E-state index contributed by atoms with van der Waals surface area (Å²) in [6.45, 7) is -0.369. The molecule has 1 aromatic heterocycles. The summed E-state index contributed by atoms with van der Waals surface area (Å²) >= 11 is 1.42. The molecular weight excluding hydrogens is 440 g/mol. The van der Waals surface area contributed by atoms with E-state index in [2.05, 4.69) is 14.8 Å². The SMILES string of the molecule is CCN=c1scc(-c2ccc(OC(F)F)cc2)n1/N=C/c1c(OC)cc(OC)cc1OC. The third-order valence-electron chi connectivity index (χ3n) is 4.41. The van der Waals surface area contributed by atoms with Crippen molar-refractivity contribution in [3.63, 3.8) is 0 Å². The van der Waals surface area contributed by atoms with Crippen molar-refractivity contribution in [2.75, 3.05) is 27.9 Å². The van der Waals surface area contributed by atoms with Crippen molar-refractivity contribution in [3.8, 4) is 34.3 Å². The van der Waals surface area contributed by atoms with Crippen molar-refractivity contribution in [2.24, 2.45) is 10.1 Å². The maximum atomic E-state index is 12.4. The van der Waals surface area contributed by atoms with Crippen LogP contribution >= 0.6 is 11.3 Å². The second-order valence-electron chi connectivity index (χ2n) is 6.28. The van der Waals surface area contributed by atoms with Crippen molar-refractivity contribution in [2.45, 2.75) is 13.5 Å². The number of hydrogen-bond acceptors (Lipinski definition) is 7. The van der Waals surface area contributed by atoms with Crippen molar-refractivity contribution < 1.29 is 27.7 Å². The Morgan fingerprint density at radius 2 is 1.66 bits per heavy atom. The van der Waals surface area contributed by atoms with Crippen LogP contribution in [-0.4, -0.2) is 45.4 Å². The average molecular weight is 464 g/mol. The van der Waals surface area contributed by atoms with Gasteiger partial charge in [0.2, 0.25) is 4.80 Å². The van der Waals surface area contributed by atoms with Crippen LogP contribution in [0, 0.1) is 0 Å². The van der Waals surface area contributed by atoms with Gasteiger partial charge in [0, 0.05) is 29.6 Å². The van der Waals surface area contributed by atoms with Gasteiger partial charge in [0.1, 0.15) is 23.0 Å². The molecule has 1 heterocycles. The molecule has 0 N–H and O–H groups in total. The lowest BCUT2D eigenvalue weighted by Gasteiger charge is -2.12. The molecule has 0 fully saturated rings. The Morgan fingerprint density at radius 1 is 1.00 bits per heavy atom. The van der Waals surface area contributed by atoms with Crippen LogP contribution in [-0.2, 0) is 0 Å². The highest BCUT2D eigenvalue weighted by molar-refractivity contribution is 7.07. The second kappa shape index (κ2) is 10.8. The summed E-state index contributed by atoms with van der Waals surface area (Å²) in [5, 5.41) is 6.53. The molecule has 0 amide bonds. The number of thiazole rings is 1. The van der Waals surface area contributed by atoms with Crippen LogP contribution in [0.2, 0.25) is 0 Å². The van der Waals surface area contributed by atoms with Gasteiger partial charge in [-0.3, -0.25) is 4.99 Å². The number of halogens is 2. The number of alkyl halides is 2. The van der Waals surface area contributed by atoms with Crippen LogP contribution < -0.4 is 23.7 Å². The van der Waals surface area contributed by atoms with Gasteiger partial charge in [-0.1, -0.05) is 0 Å². The van der Waals surface area contributed by atoms with E-state index in [0.29, 0.717) is 34.2 Å². The number of nitrogens with zero attached hydrogens (tertiary/aromatic N) is 3. The van der Waals surface area contributed by atoms with Gasteiger partial charge in [-0.2, -0.15) is 13.9 Å². The third kappa shape index (κ3) is 5.25. The summed E-state index contributed by atoms with van der Waals surface area (Å²) in [7, 11) is 4.66. The Bertz CT molecular complexity index is 1120. The number of hydrogen-bond donors (Lipinski definition) is 0. The fourth-order valence-corrected chi connectivity index (χ4v) is 3.84. The molecule has 0 saturated heterocycles. The summed E-state index contributed by atoms with van der Waals surface area (Å²) in [6, 6.07) is 9.83. The summed E-state index contributed by atoms with van der Waals surface area (Å²) in [4.78, 5) is 5.17. The van der Waals surface area contributed by atoms with Gasteiger partial charge in [-0.25, -0.2) is 4.68 Å². The van der Waals surface area contributed by atoms with E-state index in [0.717, 1.165) is 11.3 Å². The quantitative estimate of drug-likeness (QED) is 0.434. The predicted octanol–water partition coefficient (Wildman–Crippen LogP) is 4.65. The van der Waals surface area contributed by atoms with E-state index in [9.17, 15) is 8.78 Å². The van der Waals surface area contributed by atoms with Crippen LogP contribution in [0.15, 0.2) is 51.9 Å². The first-order chi connectivity index (χ1) is 15.5. The smallest absolute Gasteiger partial charge is 0.387 e. The highest BCUT2D eigenvalue weighted by atomic mass is 32.1. The zero-order valence-corrected chi connectivity index (χ0v) is 18.9. The van der Waals surface area contributed by atoms with Gasteiger partial charge in [-0.05, 0) is 31.2 Å². The Hall–Kier alpha value is -3.40. The largest absolute Gasteiger partial charge is 0.496 e. The van der Waals surface area contributed by atoms with E-state index in [1.54, 1.807) is 56.5 Å². The molecule has 3 aromatic rings. The first-order valence-corrected chi connectivity index (χ1v) is 10.5. The lowest BCUT2D eigenvalue weighted by Crippen LogP contribution is -2.12. The highest BCUT2D eigenvalue weighted by Gasteiger charge is 2.13. The summed E-state index contributed by atoms with van der Waals surface area (Å²) in [5.41, 5.74) is 2.14. The maximum absolute atomic E-state index is 12.4. The molecule has 0 spiro atoms. The van der Waals surface area contributed by atoms with Crippen molar-refractivity contribution >= 4 is 17.6 Å². The van der Waals surface area contributed by atoms with E-state index in [4.69, 9.17) is 14.2 Å². The molecule has 170 valence electrons. The molecular formula is C22H23F2N3O4S. The van der Waals surface area contributed by atoms with Crippen LogP contribution in [0.1, 0.15) is 12.5 Å². The molecule has 0 aliphatic heterocycles. The van der Waals surface area contributed by atoms with E-state index >= 15 is 0 Å². The monoisotopic (exact) mass is 463 g/mol. The molecule has 2 aromatic carbocycles. The molecule has 0 bridgehead atoms. The fraction of sp³-hybridized carbons (Fsp3) is 0.273. The maximum Gasteiger partial charge on any atom is 0.387 e. The van der Waals surface area contributed by atoms with Gasteiger partial charge >= 0.3 is 6.61 Å². The van der Waals surface area contributed by atoms with E-state index in [1.165, 1.54) is 23.5 Å². The zero-order chi connectivity index (χ0) is 23.1. The number of aromatic nitrogens is 1. The lowest BCUT2D eigenvalue weighted by molar-refractivity contribution is -0.0498. The van der Waals surface area contributed by atoms with Crippen molar-refractivity contribution in [1.29, 1.82) is 0 Å². The van der Waals surface area contributed by atoms with Crippen LogP contribution in [0.5, 0.6) is 23.0 Å². The van der Waals surface area contributed by atoms with Gasteiger partial charge < -0.3 is 18.9 Å². The third-order valence-corrected chi connectivity index (χ3v) is 5.26. The van der Waals surface area contributed by atoms with Crippen LogP contribution in [0.4, 0.5) is 8.78 Å². The summed E-state index contributed by atoms with van der Waals surface area (Å²) < 4.78 is 47.2. The Labute approximate surface area is 188 Å². The average Bonchev–Trinajstić information content (AvgIpc) is 3.19. The fourth-order valence-electron chi connectivity index (χ4n) is 2.94. The standard InChI is InChI=1S/C22H23F2N3O4S/c1-5-25-22-27(18(13-32-22)14-6-8-15(9-7-14)31-21(23)24)26-12-17-19(29-3)10-16(28-2)11-20(17)30-4/h6-13,21H,5H2,1-4H3/b25-22?,26-12+. The summed E-state index contributed by atoms with van der Waals surface area (Å²) in [5.74, 6) is 1.74. The van der Waals surface area contributed by atoms with Gasteiger partial charge in [-0.15, -0.1) is 11.3 Å². The normalized spacial score (nSPS) is 11.9. The molecule has 7 nitrogen and oxygen atoms in total. The van der Waals surface area contributed by atoms with Gasteiger partial charge in [0.25, 0.3) is 0 Å². The van der Waals surface area contributed by atoms with Gasteiger partial charge in [0.05, 0.1) is 38.8 Å². The molecule has 3 rings (SSSR count). The van der Waals surface area contributed by atoms with Crippen LogP contribution in [0.3, 0.4) is 0 Å². The predicted molar refractivity (Wildman–Crippen MR) is 120 cm³/mol. The topological polar surface area (TPSA) is 66.6 Å². The van der Waals surface area contributed by atoms with Crippen molar-refractivity contribution in [1.82, 2.24) is 4.68 Å². The first kappa shape index (κ1) is 23.3. The van der Waals surface area contributed by atoms with E-state index in [1.807, 2.05) is 12.3 Å². The van der Waals surface area contributed by atoms with E-state index in [-0.39, 0.29) is 5.75 Å². The summed E-state index contributed by atoms with van der Waals surface area (Å²) in [6.07, 6.45) is 1.62.